The second-order valence-corrected chi connectivity index (χ2v) is 3.87. The van der Waals surface area contributed by atoms with Crippen molar-refractivity contribution in [2.75, 3.05) is 0 Å². The molecule has 2 N–H and O–H groups in total. The Balaban J connectivity index is 3.31. The van der Waals surface area contributed by atoms with Crippen molar-refractivity contribution >= 4 is 11.9 Å². The van der Waals surface area contributed by atoms with Crippen molar-refractivity contribution in [2.24, 2.45) is 0 Å². The zero-order valence-electron chi connectivity index (χ0n) is 8.91. The first-order chi connectivity index (χ1) is 7.75. The lowest BCUT2D eigenvalue weighted by atomic mass is 9.79. The summed E-state index contributed by atoms with van der Waals surface area (Å²) in [5.41, 5.74) is -2.08. The van der Waals surface area contributed by atoms with E-state index in [2.05, 4.69) is 0 Å². The van der Waals surface area contributed by atoms with E-state index in [9.17, 15) is 18.4 Å². The van der Waals surface area contributed by atoms with Gasteiger partial charge >= 0.3 is 11.9 Å². The lowest BCUT2D eigenvalue weighted by molar-refractivity contribution is -0.149. The van der Waals surface area contributed by atoms with E-state index in [1.54, 1.807) is 0 Å². The summed E-state index contributed by atoms with van der Waals surface area (Å²) in [6, 6.07) is 2.23. The number of carboxylic acids is 2. The van der Waals surface area contributed by atoms with Crippen molar-refractivity contribution in [3.8, 4) is 0 Å². The Bertz CT molecular complexity index is 452. The van der Waals surface area contributed by atoms with Crippen molar-refractivity contribution in [1.82, 2.24) is 0 Å². The van der Waals surface area contributed by atoms with E-state index in [4.69, 9.17) is 10.2 Å². The van der Waals surface area contributed by atoms with E-state index in [0.717, 1.165) is 19.1 Å². The molecule has 1 atom stereocenters. The van der Waals surface area contributed by atoms with Crippen LogP contribution in [-0.2, 0) is 15.0 Å². The fourth-order valence-corrected chi connectivity index (χ4v) is 1.48. The van der Waals surface area contributed by atoms with Gasteiger partial charge in [0.2, 0.25) is 0 Å². The summed E-state index contributed by atoms with van der Waals surface area (Å²) in [6.45, 7) is 1.11. The summed E-state index contributed by atoms with van der Waals surface area (Å²) in [6.07, 6.45) is -0.759. The largest absolute Gasteiger partial charge is 0.481 e. The van der Waals surface area contributed by atoms with E-state index >= 15 is 0 Å². The van der Waals surface area contributed by atoms with Crippen LogP contribution in [0.3, 0.4) is 0 Å². The van der Waals surface area contributed by atoms with Gasteiger partial charge in [-0.15, -0.1) is 0 Å². The van der Waals surface area contributed by atoms with Crippen LogP contribution in [0.25, 0.3) is 0 Å². The molecule has 92 valence electrons. The first kappa shape index (κ1) is 13.1. The Labute approximate surface area is 95.5 Å². The molecule has 0 saturated heterocycles. The molecule has 4 nitrogen and oxygen atoms in total. The molecule has 1 aromatic rings. The molecule has 17 heavy (non-hydrogen) atoms. The van der Waals surface area contributed by atoms with Gasteiger partial charge in [0.15, 0.2) is 0 Å². The molecule has 1 aromatic carbocycles. The van der Waals surface area contributed by atoms with Crippen LogP contribution in [0.2, 0.25) is 0 Å². The molecule has 0 aliphatic heterocycles. The van der Waals surface area contributed by atoms with Gasteiger partial charge in [-0.1, -0.05) is 0 Å². The summed E-state index contributed by atoms with van der Waals surface area (Å²) in [5, 5.41) is 17.7. The highest BCUT2D eigenvalue weighted by atomic mass is 19.1. The van der Waals surface area contributed by atoms with E-state index in [1.807, 2.05) is 0 Å². The third-order valence-electron chi connectivity index (χ3n) is 2.48. The normalized spacial score (nSPS) is 14.1. The number of carbonyl (C=O) groups is 2. The minimum absolute atomic E-state index is 0.218. The van der Waals surface area contributed by atoms with Crippen LogP contribution >= 0.6 is 0 Å². The van der Waals surface area contributed by atoms with Crippen molar-refractivity contribution in [3.63, 3.8) is 0 Å². The first-order valence-corrected chi connectivity index (χ1v) is 4.67. The van der Waals surface area contributed by atoms with Crippen molar-refractivity contribution in [3.05, 3.63) is 35.4 Å². The number of aliphatic carboxylic acids is 2. The topological polar surface area (TPSA) is 74.6 Å². The fourth-order valence-electron chi connectivity index (χ4n) is 1.48. The minimum atomic E-state index is -1.87. The van der Waals surface area contributed by atoms with Gasteiger partial charge in [-0.2, -0.15) is 0 Å². The van der Waals surface area contributed by atoms with Gasteiger partial charge in [-0.05, 0) is 24.6 Å². The average Bonchev–Trinajstić information content (AvgIpc) is 2.14. The molecular weight excluding hydrogens is 234 g/mol. The maximum atomic E-state index is 13.0. The minimum Gasteiger partial charge on any atom is -0.481 e. The van der Waals surface area contributed by atoms with Gasteiger partial charge in [-0.3, -0.25) is 9.59 Å². The number of hydrogen-bond donors (Lipinski definition) is 2. The number of rotatable bonds is 4. The highest BCUT2D eigenvalue weighted by Crippen LogP contribution is 2.29. The lowest BCUT2D eigenvalue weighted by Crippen LogP contribution is -2.35. The van der Waals surface area contributed by atoms with Gasteiger partial charge < -0.3 is 10.2 Å². The summed E-state index contributed by atoms with van der Waals surface area (Å²) < 4.78 is 26.0. The Morgan fingerprint density at radius 3 is 2.00 bits per heavy atom. The second kappa shape index (κ2) is 4.48. The number of benzene rings is 1. The van der Waals surface area contributed by atoms with Crippen molar-refractivity contribution in [1.29, 1.82) is 0 Å². The van der Waals surface area contributed by atoms with Gasteiger partial charge in [0.1, 0.15) is 17.0 Å². The number of hydrogen-bond acceptors (Lipinski definition) is 2. The third-order valence-corrected chi connectivity index (χ3v) is 2.48. The van der Waals surface area contributed by atoms with Crippen LogP contribution in [0.5, 0.6) is 0 Å². The maximum absolute atomic E-state index is 13.0. The molecule has 0 fully saturated rings. The van der Waals surface area contributed by atoms with E-state index in [1.165, 1.54) is 0 Å². The predicted octanol–water partition coefficient (Wildman–Crippen LogP) is 1.78. The highest BCUT2D eigenvalue weighted by molar-refractivity contribution is 5.86. The zero-order valence-corrected chi connectivity index (χ0v) is 8.91. The summed E-state index contributed by atoms with van der Waals surface area (Å²) in [7, 11) is 0. The molecule has 1 unspecified atom stereocenters. The fraction of sp³-hybridized carbons (Fsp3) is 0.273. The highest BCUT2D eigenvalue weighted by Gasteiger charge is 2.38. The second-order valence-electron chi connectivity index (χ2n) is 3.87. The summed E-state index contributed by atoms with van der Waals surface area (Å²) in [4.78, 5) is 21.7. The van der Waals surface area contributed by atoms with E-state index in [-0.39, 0.29) is 5.56 Å². The first-order valence-electron chi connectivity index (χ1n) is 4.67. The van der Waals surface area contributed by atoms with Gasteiger partial charge in [0, 0.05) is 6.07 Å². The van der Waals surface area contributed by atoms with Crippen LogP contribution in [0.15, 0.2) is 18.2 Å². The van der Waals surface area contributed by atoms with Crippen LogP contribution in [0.1, 0.15) is 18.9 Å². The molecule has 0 saturated carbocycles. The molecule has 6 heteroatoms. The molecule has 0 amide bonds. The molecule has 0 bridgehead atoms. The molecule has 1 rings (SSSR count). The molecule has 0 spiro atoms. The third kappa shape index (κ3) is 2.77. The summed E-state index contributed by atoms with van der Waals surface area (Å²) in [5.74, 6) is -4.71. The zero-order chi connectivity index (χ0) is 13.2. The lowest BCUT2D eigenvalue weighted by Gasteiger charge is -2.23. The smallest absolute Gasteiger partial charge is 0.314 e. The van der Waals surface area contributed by atoms with Crippen LogP contribution in [0, 0.1) is 11.6 Å². The summed E-state index contributed by atoms with van der Waals surface area (Å²) >= 11 is 0. The van der Waals surface area contributed by atoms with Crippen LogP contribution < -0.4 is 0 Å². The van der Waals surface area contributed by atoms with E-state index < -0.39 is 35.4 Å². The Kier molecular flexibility index (Phi) is 3.45. The molecule has 0 aliphatic rings. The molecule has 0 heterocycles. The van der Waals surface area contributed by atoms with Crippen LogP contribution in [-0.4, -0.2) is 22.2 Å². The SMILES string of the molecule is CC(CC(=O)O)(C(=O)O)c1cc(F)cc(F)c1. The molecule has 0 aromatic heterocycles. The van der Waals surface area contributed by atoms with Crippen molar-refractivity contribution in [2.45, 2.75) is 18.8 Å². The molecule has 0 radical (unpaired) electrons. The Hall–Kier alpha value is -1.98. The number of carboxylic acid groups (broad SMARTS) is 2. The molecule has 0 aliphatic carbocycles. The predicted molar refractivity (Wildman–Crippen MR) is 53.6 cm³/mol. The quantitative estimate of drug-likeness (QED) is 0.846. The van der Waals surface area contributed by atoms with Gasteiger partial charge in [0.05, 0.1) is 6.42 Å². The molecular formula is C11H10F2O4. The Morgan fingerprint density at radius 2 is 1.65 bits per heavy atom. The Morgan fingerprint density at radius 1 is 1.18 bits per heavy atom. The standard InChI is InChI=1S/C11H10F2O4/c1-11(10(16)17,5-9(14)15)6-2-7(12)4-8(13)3-6/h2-4H,5H2,1H3,(H,14,15)(H,16,17). The van der Waals surface area contributed by atoms with Crippen molar-refractivity contribution < 1.29 is 28.6 Å². The monoisotopic (exact) mass is 244 g/mol. The van der Waals surface area contributed by atoms with Crippen LogP contribution in [0.4, 0.5) is 8.78 Å². The van der Waals surface area contributed by atoms with Gasteiger partial charge in [0.25, 0.3) is 0 Å². The maximum Gasteiger partial charge on any atom is 0.314 e. The average molecular weight is 244 g/mol. The van der Waals surface area contributed by atoms with E-state index in [0.29, 0.717) is 6.07 Å². The van der Waals surface area contributed by atoms with Gasteiger partial charge in [-0.25, -0.2) is 8.78 Å². The number of halogens is 2.